The van der Waals surface area contributed by atoms with E-state index in [1.54, 1.807) is 24.3 Å². The Kier molecular flexibility index (Phi) is 8.56. The molecule has 0 unspecified atom stereocenters. The van der Waals surface area contributed by atoms with E-state index in [0.29, 0.717) is 24.3 Å². The van der Waals surface area contributed by atoms with Crippen molar-refractivity contribution >= 4 is 34.9 Å². The molecular weight excluding hydrogens is 412 g/mol. The molecule has 2 N–H and O–H groups in total. The van der Waals surface area contributed by atoms with Gasteiger partial charge in [0.15, 0.2) is 5.11 Å². The number of thiocarbonyl (C=S) groups is 1. The fraction of sp³-hybridized carbons (Fsp3) is 0.375. The number of benzene rings is 2. The van der Waals surface area contributed by atoms with E-state index >= 15 is 0 Å². The maximum atomic E-state index is 12.7. The topological polar surface area (TPSA) is 76.7 Å². The van der Waals surface area contributed by atoms with E-state index < -0.39 is 11.4 Å². The smallest absolute Gasteiger partial charge is 0.337 e. The summed E-state index contributed by atoms with van der Waals surface area (Å²) in [6, 6.07) is 12.8. The number of carbonyl (C=O) groups is 2. The van der Waals surface area contributed by atoms with Gasteiger partial charge in [-0.05, 0) is 80.4 Å². The standard InChI is InChI=1S/C24H30N2O4S/c1-16-7-8-17(2)20(15-16)30-14-6-13-24(3,4)22(28)26-23(31)25-19-11-9-18(10-12-19)21(27)29-5/h7-12,15H,6,13-14H2,1-5H3,(H2,25,26,28,31). The highest BCUT2D eigenvalue weighted by Gasteiger charge is 2.27. The molecule has 2 aromatic carbocycles. The number of aryl methyl sites for hydroxylation is 2. The van der Waals surface area contributed by atoms with Crippen molar-refractivity contribution in [3.63, 3.8) is 0 Å². The van der Waals surface area contributed by atoms with Crippen molar-refractivity contribution in [3.05, 3.63) is 59.2 Å². The van der Waals surface area contributed by atoms with Crippen LogP contribution in [0, 0.1) is 19.3 Å². The fourth-order valence-corrected chi connectivity index (χ4v) is 3.13. The Morgan fingerprint density at radius 1 is 1.06 bits per heavy atom. The molecule has 0 spiro atoms. The van der Waals surface area contributed by atoms with Crippen molar-refractivity contribution in [2.24, 2.45) is 5.41 Å². The van der Waals surface area contributed by atoms with Gasteiger partial charge in [0.25, 0.3) is 0 Å². The number of ether oxygens (including phenoxy) is 2. The minimum atomic E-state index is -0.606. The van der Waals surface area contributed by atoms with Crippen LogP contribution in [0.5, 0.6) is 5.75 Å². The average molecular weight is 443 g/mol. The van der Waals surface area contributed by atoms with Crippen LogP contribution < -0.4 is 15.4 Å². The largest absolute Gasteiger partial charge is 0.493 e. The molecule has 7 heteroatoms. The zero-order valence-electron chi connectivity index (χ0n) is 18.7. The van der Waals surface area contributed by atoms with Gasteiger partial charge in [0.05, 0.1) is 19.3 Å². The van der Waals surface area contributed by atoms with Crippen LogP contribution in [0.2, 0.25) is 0 Å². The van der Waals surface area contributed by atoms with Gasteiger partial charge < -0.3 is 20.1 Å². The zero-order valence-corrected chi connectivity index (χ0v) is 19.5. The van der Waals surface area contributed by atoms with Crippen LogP contribution in [0.1, 0.15) is 48.2 Å². The van der Waals surface area contributed by atoms with Crippen LogP contribution in [-0.4, -0.2) is 30.7 Å². The Morgan fingerprint density at radius 2 is 1.74 bits per heavy atom. The summed E-state index contributed by atoms with van der Waals surface area (Å²) in [6.07, 6.45) is 1.39. The highest BCUT2D eigenvalue weighted by atomic mass is 32.1. The maximum Gasteiger partial charge on any atom is 0.337 e. The molecule has 31 heavy (non-hydrogen) atoms. The predicted octanol–water partition coefficient (Wildman–Crippen LogP) is 4.79. The lowest BCUT2D eigenvalue weighted by Gasteiger charge is -2.24. The van der Waals surface area contributed by atoms with Crippen LogP contribution in [0.4, 0.5) is 5.69 Å². The van der Waals surface area contributed by atoms with E-state index in [9.17, 15) is 9.59 Å². The Labute approximate surface area is 189 Å². The van der Waals surface area contributed by atoms with Crippen molar-refractivity contribution in [1.82, 2.24) is 5.32 Å². The zero-order chi connectivity index (χ0) is 23.0. The van der Waals surface area contributed by atoms with Gasteiger partial charge in [-0.15, -0.1) is 0 Å². The molecule has 2 rings (SSSR count). The first kappa shape index (κ1) is 24.3. The SMILES string of the molecule is COC(=O)c1ccc(NC(=S)NC(=O)C(C)(C)CCCOc2cc(C)ccc2C)cc1. The van der Waals surface area contributed by atoms with Gasteiger partial charge in [-0.25, -0.2) is 4.79 Å². The molecule has 0 saturated carbocycles. The van der Waals surface area contributed by atoms with Crippen LogP contribution in [-0.2, 0) is 9.53 Å². The first-order valence-electron chi connectivity index (χ1n) is 10.1. The van der Waals surface area contributed by atoms with E-state index in [1.807, 2.05) is 39.8 Å². The summed E-state index contributed by atoms with van der Waals surface area (Å²) in [5, 5.41) is 5.90. The van der Waals surface area contributed by atoms with E-state index in [-0.39, 0.29) is 11.0 Å². The molecule has 1 amide bonds. The highest BCUT2D eigenvalue weighted by molar-refractivity contribution is 7.80. The van der Waals surface area contributed by atoms with E-state index in [4.69, 9.17) is 17.0 Å². The van der Waals surface area contributed by atoms with Crippen molar-refractivity contribution < 1.29 is 19.1 Å². The molecule has 0 aliphatic carbocycles. The first-order valence-corrected chi connectivity index (χ1v) is 10.5. The Hall–Kier alpha value is -2.93. The summed E-state index contributed by atoms with van der Waals surface area (Å²) in [5.74, 6) is 0.305. The van der Waals surface area contributed by atoms with E-state index in [1.165, 1.54) is 7.11 Å². The number of esters is 1. The van der Waals surface area contributed by atoms with E-state index in [2.05, 4.69) is 21.4 Å². The highest BCUT2D eigenvalue weighted by Crippen LogP contribution is 2.24. The second-order valence-corrected chi connectivity index (χ2v) is 8.49. The Morgan fingerprint density at radius 3 is 2.39 bits per heavy atom. The van der Waals surface area contributed by atoms with Crippen molar-refractivity contribution in [2.45, 2.75) is 40.5 Å². The Balaban J connectivity index is 1.80. The molecule has 0 heterocycles. The molecule has 0 aromatic heterocycles. The summed E-state index contributed by atoms with van der Waals surface area (Å²) in [6.45, 7) is 8.35. The van der Waals surface area contributed by atoms with Gasteiger partial charge in [-0.1, -0.05) is 26.0 Å². The third-order valence-electron chi connectivity index (χ3n) is 4.95. The number of carbonyl (C=O) groups excluding carboxylic acids is 2. The maximum absolute atomic E-state index is 12.7. The number of rotatable bonds is 8. The molecule has 166 valence electrons. The summed E-state index contributed by atoms with van der Waals surface area (Å²) in [4.78, 5) is 24.2. The molecule has 0 fully saturated rings. The monoisotopic (exact) mass is 442 g/mol. The van der Waals surface area contributed by atoms with Gasteiger partial charge >= 0.3 is 5.97 Å². The van der Waals surface area contributed by atoms with Gasteiger partial charge in [0.1, 0.15) is 5.75 Å². The second-order valence-electron chi connectivity index (χ2n) is 8.08. The third-order valence-corrected chi connectivity index (χ3v) is 5.16. The fourth-order valence-electron chi connectivity index (χ4n) is 2.91. The summed E-state index contributed by atoms with van der Waals surface area (Å²) >= 11 is 5.25. The normalized spacial score (nSPS) is 10.9. The van der Waals surface area contributed by atoms with Crippen LogP contribution in [0.15, 0.2) is 42.5 Å². The van der Waals surface area contributed by atoms with Gasteiger partial charge in [0, 0.05) is 11.1 Å². The number of hydrogen-bond acceptors (Lipinski definition) is 5. The number of methoxy groups -OCH3 is 1. The summed E-state index contributed by atoms with van der Waals surface area (Å²) < 4.78 is 10.6. The van der Waals surface area contributed by atoms with Crippen LogP contribution in [0.25, 0.3) is 0 Å². The predicted molar refractivity (Wildman–Crippen MR) is 127 cm³/mol. The van der Waals surface area contributed by atoms with Crippen molar-refractivity contribution in [2.75, 3.05) is 19.0 Å². The second kappa shape index (κ2) is 10.9. The third kappa shape index (κ3) is 7.36. The molecule has 6 nitrogen and oxygen atoms in total. The first-order chi connectivity index (χ1) is 14.6. The lowest BCUT2D eigenvalue weighted by atomic mass is 9.87. The minimum absolute atomic E-state index is 0.164. The van der Waals surface area contributed by atoms with Gasteiger partial charge in [-0.3, -0.25) is 4.79 Å². The molecule has 0 radical (unpaired) electrons. The van der Waals surface area contributed by atoms with Crippen LogP contribution >= 0.6 is 12.2 Å². The summed E-state index contributed by atoms with van der Waals surface area (Å²) in [5.41, 5.74) is 2.75. The number of anilines is 1. The van der Waals surface area contributed by atoms with E-state index in [0.717, 1.165) is 23.3 Å². The number of amides is 1. The molecule has 2 aromatic rings. The average Bonchev–Trinajstić information content (AvgIpc) is 2.73. The molecule has 0 bridgehead atoms. The quantitative estimate of drug-likeness (QED) is 0.348. The lowest BCUT2D eigenvalue weighted by molar-refractivity contribution is -0.128. The van der Waals surface area contributed by atoms with Gasteiger partial charge in [-0.2, -0.15) is 0 Å². The summed E-state index contributed by atoms with van der Waals surface area (Å²) in [7, 11) is 1.33. The minimum Gasteiger partial charge on any atom is -0.493 e. The van der Waals surface area contributed by atoms with Crippen molar-refractivity contribution in [1.29, 1.82) is 0 Å². The molecule has 0 aliphatic rings. The molecule has 0 saturated heterocycles. The number of nitrogens with one attached hydrogen (secondary N) is 2. The van der Waals surface area contributed by atoms with Crippen molar-refractivity contribution in [3.8, 4) is 5.75 Å². The lowest BCUT2D eigenvalue weighted by Crippen LogP contribution is -2.42. The molecular formula is C24H30N2O4S. The molecule has 0 aliphatic heterocycles. The molecule has 0 atom stereocenters. The van der Waals surface area contributed by atoms with Gasteiger partial charge in [0.2, 0.25) is 5.91 Å². The van der Waals surface area contributed by atoms with Crippen LogP contribution in [0.3, 0.4) is 0 Å². The number of hydrogen-bond donors (Lipinski definition) is 2. The Bertz CT molecular complexity index is 939.